The zero-order valence-electron chi connectivity index (χ0n) is 16.2. The Labute approximate surface area is 172 Å². The van der Waals surface area contributed by atoms with E-state index in [1.54, 1.807) is 29.0 Å². The maximum Gasteiger partial charge on any atom is 0.263 e. The van der Waals surface area contributed by atoms with Gasteiger partial charge in [0.2, 0.25) is 5.91 Å². The van der Waals surface area contributed by atoms with E-state index in [9.17, 15) is 9.59 Å². The lowest BCUT2D eigenvalue weighted by Crippen LogP contribution is -2.30. The summed E-state index contributed by atoms with van der Waals surface area (Å²) in [5.41, 5.74) is 1.13. The Morgan fingerprint density at radius 3 is 3.07 bits per heavy atom. The number of rotatable bonds is 7. The van der Waals surface area contributed by atoms with Crippen molar-refractivity contribution in [1.29, 1.82) is 5.26 Å². The second kappa shape index (κ2) is 8.93. The molecule has 2 aromatic rings. The molecule has 0 unspecified atom stereocenters. The highest BCUT2D eigenvalue weighted by Gasteiger charge is 2.24. The lowest BCUT2D eigenvalue weighted by Gasteiger charge is -2.18. The van der Waals surface area contributed by atoms with Crippen molar-refractivity contribution in [2.24, 2.45) is 5.92 Å². The summed E-state index contributed by atoms with van der Waals surface area (Å²) in [6.07, 6.45) is 5.01. The third kappa shape index (κ3) is 4.15. The van der Waals surface area contributed by atoms with Gasteiger partial charge in [0.15, 0.2) is 5.16 Å². The summed E-state index contributed by atoms with van der Waals surface area (Å²) in [5.74, 6) is 0.726. The smallest absolute Gasteiger partial charge is 0.263 e. The predicted molar refractivity (Wildman–Crippen MR) is 114 cm³/mol. The van der Waals surface area contributed by atoms with Gasteiger partial charge in [-0.2, -0.15) is 5.26 Å². The fourth-order valence-corrected chi connectivity index (χ4v) is 5.76. The lowest BCUT2D eigenvalue weighted by atomic mass is 9.89. The fraction of sp³-hybridized carbons (Fsp3) is 0.500. The zero-order valence-corrected chi connectivity index (χ0v) is 17.9. The molecule has 1 atom stereocenters. The number of carbonyl (C=O) groups is 1. The Balaban J connectivity index is 1.92. The van der Waals surface area contributed by atoms with Crippen molar-refractivity contribution in [2.45, 2.75) is 44.3 Å². The molecule has 0 spiro atoms. The van der Waals surface area contributed by atoms with Gasteiger partial charge in [0, 0.05) is 25.0 Å². The van der Waals surface area contributed by atoms with Gasteiger partial charge in [-0.3, -0.25) is 14.2 Å². The summed E-state index contributed by atoms with van der Waals surface area (Å²) in [4.78, 5) is 33.8. The van der Waals surface area contributed by atoms with Crippen molar-refractivity contribution in [3.05, 3.63) is 33.4 Å². The number of nitrogens with zero attached hydrogens (tertiary/aromatic N) is 4. The number of fused-ring (bicyclic) bond motifs is 3. The number of hydrogen-bond acceptors (Lipinski definition) is 6. The largest absolute Gasteiger partial charge is 0.344 e. The van der Waals surface area contributed by atoms with Gasteiger partial charge in [0.05, 0.1) is 23.6 Å². The van der Waals surface area contributed by atoms with Crippen molar-refractivity contribution < 1.29 is 4.79 Å². The zero-order chi connectivity index (χ0) is 20.3. The Kier molecular flexibility index (Phi) is 6.57. The normalized spacial score (nSPS) is 15.8. The molecule has 1 aliphatic carbocycles. The van der Waals surface area contributed by atoms with Crippen LogP contribution in [0.4, 0.5) is 0 Å². The molecule has 148 valence electrons. The fourth-order valence-electron chi connectivity index (χ4n) is 3.38. The number of thiophene rings is 1. The number of aryl methyl sites for hydroxylation is 1. The first-order valence-electron chi connectivity index (χ1n) is 9.36. The van der Waals surface area contributed by atoms with Crippen molar-refractivity contribution >= 4 is 39.2 Å². The number of aromatic nitrogens is 2. The minimum atomic E-state index is -0.0842. The molecule has 2 aromatic heterocycles. The SMILES string of the molecule is C=CCn1c(SCC(=O)N(C)CCC#N)nc2sc3c(c2c1=O)CC[C@@H](C)C3. The number of carbonyl (C=O) groups excluding carboxylic acids is 1. The van der Waals surface area contributed by atoms with Crippen LogP contribution in [0.2, 0.25) is 0 Å². The first-order chi connectivity index (χ1) is 13.5. The predicted octanol–water partition coefficient (Wildman–Crippen LogP) is 3.23. The van der Waals surface area contributed by atoms with E-state index >= 15 is 0 Å². The Bertz CT molecular complexity index is 1000. The molecule has 6 nitrogen and oxygen atoms in total. The van der Waals surface area contributed by atoms with E-state index in [2.05, 4.69) is 13.5 Å². The maximum absolute atomic E-state index is 13.2. The highest BCUT2D eigenvalue weighted by atomic mass is 32.2. The Hall–Kier alpha value is -2.11. The van der Waals surface area contributed by atoms with Gasteiger partial charge in [-0.1, -0.05) is 24.8 Å². The molecule has 8 heteroatoms. The highest BCUT2D eigenvalue weighted by molar-refractivity contribution is 7.99. The number of allylic oxidation sites excluding steroid dienone is 1. The van der Waals surface area contributed by atoms with E-state index in [-0.39, 0.29) is 17.2 Å². The summed E-state index contributed by atoms with van der Waals surface area (Å²) in [6, 6.07) is 2.04. The monoisotopic (exact) mass is 416 g/mol. The molecule has 3 rings (SSSR count). The van der Waals surface area contributed by atoms with E-state index in [1.165, 1.54) is 21.5 Å². The number of hydrogen-bond donors (Lipinski definition) is 0. The van der Waals surface area contributed by atoms with Crippen molar-refractivity contribution in [3.63, 3.8) is 0 Å². The van der Waals surface area contributed by atoms with Gasteiger partial charge in [0.25, 0.3) is 5.56 Å². The molecule has 0 saturated heterocycles. The number of amides is 1. The van der Waals surface area contributed by atoms with E-state index < -0.39 is 0 Å². The average Bonchev–Trinajstić information content (AvgIpc) is 3.03. The quantitative estimate of drug-likeness (QED) is 0.393. The van der Waals surface area contributed by atoms with Crippen molar-refractivity contribution in [3.8, 4) is 6.07 Å². The van der Waals surface area contributed by atoms with Gasteiger partial charge in [0.1, 0.15) is 4.83 Å². The van der Waals surface area contributed by atoms with Gasteiger partial charge in [-0.25, -0.2) is 4.98 Å². The average molecular weight is 417 g/mol. The second-order valence-corrected chi connectivity index (χ2v) is 9.17. The van der Waals surface area contributed by atoms with Crippen LogP contribution in [-0.2, 0) is 24.2 Å². The van der Waals surface area contributed by atoms with Crippen LogP contribution < -0.4 is 5.56 Å². The molecule has 0 N–H and O–H groups in total. The molecule has 0 aliphatic heterocycles. The van der Waals surface area contributed by atoms with Crippen molar-refractivity contribution in [2.75, 3.05) is 19.3 Å². The first kappa shape index (κ1) is 20.6. The molecule has 2 heterocycles. The van der Waals surface area contributed by atoms with Gasteiger partial charge in [-0.15, -0.1) is 17.9 Å². The molecule has 0 bridgehead atoms. The minimum absolute atomic E-state index is 0.0373. The van der Waals surface area contributed by atoms with Crippen LogP contribution in [0.15, 0.2) is 22.6 Å². The summed E-state index contributed by atoms with van der Waals surface area (Å²) < 4.78 is 1.62. The number of nitriles is 1. The standard InChI is InChI=1S/C20H24N4O2S2/c1-4-9-24-19(26)17-14-7-6-13(2)11-15(14)28-18(17)22-20(24)27-12-16(25)23(3)10-5-8-21/h4,13H,1,5-7,9-12H2,2-3H3/t13-/m1/s1. The Morgan fingerprint density at radius 2 is 2.36 bits per heavy atom. The van der Waals surface area contributed by atoms with Crippen LogP contribution in [0.5, 0.6) is 0 Å². The van der Waals surface area contributed by atoms with Gasteiger partial charge >= 0.3 is 0 Å². The van der Waals surface area contributed by atoms with E-state index in [0.29, 0.717) is 30.6 Å². The summed E-state index contributed by atoms with van der Waals surface area (Å²) in [6.45, 7) is 6.77. The van der Waals surface area contributed by atoms with Crippen LogP contribution in [0, 0.1) is 17.2 Å². The molecule has 28 heavy (non-hydrogen) atoms. The van der Waals surface area contributed by atoms with E-state index in [1.807, 2.05) is 6.07 Å². The summed E-state index contributed by atoms with van der Waals surface area (Å²) in [7, 11) is 1.68. The van der Waals surface area contributed by atoms with Gasteiger partial charge < -0.3 is 4.90 Å². The molecule has 0 radical (unpaired) electrons. The molecule has 1 amide bonds. The first-order valence-corrected chi connectivity index (χ1v) is 11.2. The van der Waals surface area contributed by atoms with Crippen LogP contribution in [0.1, 0.15) is 30.2 Å². The molecule has 0 aromatic carbocycles. The highest BCUT2D eigenvalue weighted by Crippen LogP contribution is 2.36. The van der Waals surface area contributed by atoms with E-state index in [0.717, 1.165) is 35.0 Å². The van der Waals surface area contributed by atoms with Crippen LogP contribution in [0.3, 0.4) is 0 Å². The minimum Gasteiger partial charge on any atom is -0.344 e. The topological polar surface area (TPSA) is 79.0 Å². The molecular weight excluding hydrogens is 392 g/mol. The van der Waals surface area contributed by atoms with Gasteiger partial charge in [-0.05, 0) is 30.7 Å². The summed E-state index contributed by atoms with van der Waals surface area (Å²) in [5, 5.41) is 9.96. The van der Waals surface area contributed by atoms with Crippen molar-refractivity contribution in [1.82, 2.24) is 14.5 Å². The second-order valence-electron chi connectivity index (χ2n) is 7.14. The third-order valence-electron chi connectivity index (χ3n) is 5.00. The molecule has 0 saturated carbocycles. The maximum atomic E-state index is 13.2. The van der Waals surface area contributed by atoms with E-state index in [4.69, 9.17) is 10.2 Å². The lowest BCUT2D eigenvalue weighted by molar-refractivity contribution is -0.127. The third-order valence-corrected chi connectivity index (χ3v) is 7.11. The summed E-state index contributed by atoms with van der Waals surface area (Å²) >= 11 is 2.88. The number of thioether (sulfide) groups is 1. The van der Waals surface area contributed by atoms with Crippen LogP contribution in [-0.4, -0.2) is 39.7 Å². The molecular formula is C20H24N4O2S2. The molecule has 1 aliphatic rings. The van der Waals surface area contributed by atoms with Crippen LogP contribution >= 0.6 is 23.1 Å². The Morgan fingerprint density at radius 1 is 1.57 bits per heavy atom. The van der Waals surface area contributed by atoms with Crippen LogP contribution in [0.25, 0.3) is 10.2 Å². The molecule has 0 fully saturated rings.